The lowest BCUT2D eigenvalue weighted by Crippen LogP contribution is -2.29. The molecule has 1 heterocycles. The summed E-state index contributed by atoms with van der Waals surface area (Å²) in [5.41, 5.74) is -0.649. The van der Waals surface area contributed by atoms with Gasteiger partial charge in [0, 0.05) is 21.3 Å². The van der Waals surface area contributed by atoms with E-state index in [1.54, 1.807) is 25.2 Å². The molecule has 0 spiro atoms. The Kier molecular flexibility index (Phi) is 5.16. The third kappa shape index (κ3) is 4.77. The van der Waals surface area contributed by atoms with E-state index in [0.717, 1.165) is 17.6 Å². The van der Waals surface area contributed by atoms with Crippen LogP contribution in [0.2, 0.25) is 0 Å². The first-order valence-corrected chi connectivity index (χ1v) is 7.13. The number of carboxylic acids is 1. The average Bonchev–Trinajstić information content (AvgIpc) is 2.61. The fourth-order valence-electron chi connectivity index (χ4n) is 1.36. The molecule has 96 valence electrons. The second-order valence-electron chi connectivity index (χ2n) is 4.91. The van der Waals surface area contributed by atoms with Crippen LogP contribution >= 0.6 is 27.3 Å². The minimum Gasteiger partial charge on any atom is -0.481 e. The molecule has 0 aliphatic heterocycles. The van der Waals surface area contributed by atoms with Crippen LogP contribution in [0.25, 0.3) is 0 Å². The van der Waals surface area contributed by atoms with Gasteiger partial charge >= 0.3 is 5.97 Å². The van der Waals surface area contributed by atoms with Crippen molar-refractivity contribution >= 4 is 33.2 Å². The lowest BCUT2D eigenvalue weighted by atomic mass is 9.89. The van der Waals surface area contributed by atoms with Gasteiger partial charge in [0.05, 0.1) is 5.41 Å². The molecule has 1 rings (SSSR count). The number of halogens is 1. The average molecular weight is 320 g/mol. The van der Waals surface area contributed by atoms with Gasteiger partial charge in [0.15, 0.2) is 0 Å². The maximum Gasteiger partial charge on any atom is 0.309 e. The highest BCUT2D eigenvalue weighted by Crippen LogP contribution is 2.23. The quantitative estimate of drug-likeness (QED) is 0.873. The van der Waals surface area contributed by atoms with Gasteiger partial charge in [-0.2, -0.15) is 0 Å². The number of aliphatic carboxylic acids is 1. The van der Waals surface area contributed by atoms with Gasteiger partial charge in [-0.15, -0.1) is 11.3 Å². The molecular weight excluding hydrogens is 302 g/mol. The molecule has 17 heavy (non-hydrogen) atoms. The predicted octanol–water partition coefficient (Wildman–Crippen LogP) is 3.44. The number of hydrogen-bond acceptors (Lipinski definition) is 3. The molecule has 1 aromatic heterocycles. The second kappa shape index (κ2) is 5.98. The van der Waals surface area contributed by atoms with Crippen LogP contribution in [0.5, 0.6) is 0 Å². The molecule has 0 saturated carbocycles. The Morgan fingerprint density at radius 2 is 2.24 bits per heavy atom. The maximum absolute atomic E-state index is 11.0. The van der Waals surface area contributed by atoms with Gasteiger partial charge in [-0.05, 0) is 55.9 Å². The molecule has 0 radical (unpaired) electrons. The Bertz CT molecular complexity index is 390. The zero-order chi connectivity index (χ0) is 13.1. The first kappa shape index (κ1) is 14.7. The van der Waals surface area contributed by atoms with Gasteiger partial charge in [-0.3, -0.25) is 4.79 Å². The summed E-state index contributed by atoms with van der Waals surface area (Å²) < 4.78 is 1.11. The molecule has 0 amide bonds. The summed E-state index contributed by atoms with van der Waals surface area (Å²) in [7, 11) is 2.02. The topological polar surface area (TPSA) is 40.5 Å². The molecule has 0 aliphatic carbocycles. The van der Waals surface area contributed by atoms with Crippen molar-refractivity contribution < 1.29 is 9.90 Å². The summed E-state index contributed by atoms with van der Waals surface area (Å²) in [5.74, 6) is -0.732. The minimum atomic E-state index is -0.732. The monoisotopic (exact) mass is 319 g/mol. The highest BCUT2D eigenvalue weighted by molar-refractivity contribution is 9.10. The van der Waals surface area contributed by atoms with Gasteiger partial charge < -0.3 is 10.0 Å². The summed E-state index contributed by atoms with van der Waals surface area (Å²) in [4.78, 5) is 14.4. The lowest BCUT2D eigenvalue weighted by molar-refractivity contribution is -0.147. The van der Waals surface area contributed by atoms with Gasteiger partial charge in [0.1, 0.15) is 0 Å². The van der Waals surface area contributed by atoms with Gasteiger partial charge in [0.25, 0.3) is 0 Å². The van der Waals surface area contributed by atoms with Gasteiger partial charge in [0.2, 0.25) is 0 Å². The molecule has 1 N–H and O–H groups in total. The zero-order valence-corrected chi connectivity index (χ0v) is 12.8. The SMILES string of the molecule is CN(CCC(C)(C)C(=O)O)Cc1cc(Br)cs1. The summed E-state index contributed by atoms with van der Waals surface area (Å²) in [5, 5.41) is 11.1. The molecule has 0 bridgehead atoms. The number of carbonyl (C=O) groups is 1. The molecular formula is C12H18BrNO2S. The van der Waals surface area contributed by atoms with Crippen molar-refractivity contribution in [1.82, 2.24) is 4.90 Å². The standard InChI is InChI=1S/C12H18BrNO2S/c1-12(2,11(15)16)4-5-14(3)7-10-6-9(13)8-17-10/h6,8H,4-5,7H2,1-3H3,(H,15,16). The minimum absolute atomic E-state index is 0.649. The molecule has 0 saturated heterocycles. The fourth-order valence-corrected chi connectivity index (χ4v) is 2.89. The van der Waals surface area contributed by atoms with Gasteiger partial charge in [-0.25, -0.2) is 0 Å². The van der Waals surface area contributed by atoms with Crippen LogP contribution in [0.3, 0.4) is 0 Å². The Morgan fingerprint density at radius 1 is 1.59 bits per heavy atom. The van der Waals surface area contributed by atoms with Crippen LogP contribution in [0.15, 0.2) is 15.9 Å². The normalized spacial score (nSPS) is 12.1. The highest BCUT2D eigenvalue weighted by atomic mass is 79.9. The molecule has 0 fully saturated rings. The number of thiophene rings is 1. The number of hydrogen-bond donors (Lipinski definition) is 1. The molecule has 3 nitrogen and oxygen atoms in total. The van der Waals surface area contributed by atoms with Gasteiger partial charge in [-0.1, -0.05) is 0 Å². The van der Waals surface area contributed by atoms with Crippen LogP contribution in [-0.4, -0.2) is 29.6 Å². The van der Waals surface area contributed by atoms with Crippen molar-refractivity contribution in [3.63, 3.8) is 0 Å². The van der Waals surface area contributed by atoms with Crippen LogP contribution < -0.4 is 0 Å². The van der Waals surface area contributed by atoms with Crippen molar-refractivity contribution in [2.24, 2.45) is 5.41 Å². The first-order chi connectivity index (χ1) is 7.81. The van der Waals surface area contributed by atoms with E-state index in [-0.39, 0.29) is 0 Å². The Hall–Kier alpha value is -0.390. The molecule has 0 aromatic carbocycles. The van der Waals surface area contributed by atoms with E-state index in [1.165, 1.54) is 4.88 Å². The molecule has 0 atom stereocenters. The summed E-state index contributed by atoms with van der Waals surface area (Å²) in [6.45, 7) is 5.19. The molecule has 1 aromatic rings. The summed E-state index contributed by atoms with van der Waals surface area (Å²) in [6, 6.07) is 2.10. The van der Waals surface area contributed by atoms with Crippen molar-refractivity contribution in [1.29, 1.82) is 0 Å². The van der Waals surface area contributed by atoms with Crippen molar-refractivity contribution in [2.75, 3.05) is 13.6 Å². The number of carboxylic acid groups (broad SMARTS) is 1. The first-order valence-electron chi connectivity index (χ1n) is 5.46. The molecule has 0 unspecified atom stereocenters. The van der Waals surface area contributed by atoms with Crippen LogP contribution in [0, 0.1) is 5.41 Å². The Morgan fingerprint density at radius 3 is 2.71 bits per heavy atom. The lowest BCUT2D eigenvalue weighted by Gasteiger charge is -2.23. The van der Waals surface area contributed by atoms with Crippen molar-refractivity contribution in [3.8, 4) is 0 Å². The van der Waals surface area contributed by atoms with E-state index in [9.17, 15) is 4.79 Å². The number of rotatable bonds is 6. The fraction of sp³-hybridized carbons (Fsp3) is 0.583. The number of nitrogens with zero attached hydrogens (tertiary/aromatic N) is 1. The summed E-state index contributed by atoms with van der Waals surface area (Å²) >= 11 is 5.14. The van der Waals surface area contributed by atoms with E-state index < -0.39 is 11.4 Å². The third-order valence-electron chi connectivity index (χ3n) is 2.74. The van der Waals surface area contributed by atoms with Crippen molar-refractivity contribution in [2.45, 2.75) is 26.8 Å². The van der Waals surface area contributed by atoms with E-state index in [0.29, 0.717) is 6.42 Å². The Labute approximate surface area is 115 Å². The Balaban J connectivity index is 2.40. The smallest absolute Gasteiger partial charge is 0.309 e. The third-order valence-corrected chi connectivity index (χ3v) is 4.43. The van der Waals surface area contributed by atoms with Crippen LogP contribution in [-0.2, 0) is 11.3 Å². The van der Waals surface area contributed by atoms with E-state index in [2.05, 4.69) is 32.3 Å². The predicted molar refractivity (Wildman–Crippen MR) is 74.4 cm³/mol. The second-order valence-corrected chi connectivity index (χ2v) is 6.82. The largest absolute Gasteiger partial charge is 0.481 e. The van der Waals surface area contributed by atoms with E-state index in [1.807, 2.05) is 7.05 Å². The zero-order valence-electron chi connectivity index (χ0n) is 10.4. The van der Waals surface area contributed by atoms with Crippen LogP contribution in [0.1, 0.15) is 25.1 Å². The van der Waals surface area contributed by atoms with E-state index in [4.69, 9.17) is 5.11 Å². The maximum atomic E-state index is 11.0. The molecule has 5 heteroatoms. The van der Waals surface area contributed by atoms with Crippen molar-refractivity contribution in [3.05, 3.63) is 20.8 Å². The summed E-state index contributed by atoms with van der Waals surface area (Å²) in [6.07, 6.45) is 0.658. The van der Waals surface area contributed by atoms with Crippen LogP contribution in [0.4, 0.5) is 0 Å². The molecule has 0 aliphatic rings. The highest BCUT2D eigenvalue weighted by Gasteiger charge is 2.26. The van der Waals surface area contributed by atoms with E-state index >= 15 is 0 Å².